The second-order valence-electron chi connectivity index (χ2n) is 6.98. The van der Waals surface area contributed by atoms with Crippen LogP contribution in [0.4, 0.5) is 4.79 Å². The lowest BCUT2D eigenvalue weighted by atomic mass is 9.85. The Labute approximate surface area is 160 Å². The van der Waals surface area contributed by atoms with Crippen molar-refractivity contribution in [2.45, 2.75) is 38.4 Å². The summed E-state index contributed by atoms with van der Waals surface area (Å²) in [5.41, 5.74) is 2.22. The van der Waals surface area contributed by atoms with E-state index in [9.17, 15) is 9.59 Å². The smallest absolute Gasteiger partial charge is 0.318 e. The topological polar surface area (TPSA) is 58.6 Å². The maximum Gasteiger partial charge on any atom is 0.318 e. The van der Waals surface area contributed by atoms with Crippen molar-refractivity contribution in [3.05, 3.63) is 71.8 Å². The highest BCUT2D eigenvalue weighted by Gasteiger charge is 2.43. The van der Waals surface area contributed by atoms with Crippen LogP contribution in [-0.2, 0) is 22.5 Å². The number of amides is 2. The molecule has 3 atom stereocenters. The van der Waals surface area contributed by atoms with Crippen molar-refractivity contribution < 1.29 is 14.3 Å². The van der Waals surface area contributed by atoms with Crippen LogP contribution in [0.1, 0.15) is 24.5 Å². The van der Waals surface area contributed by atoms with Crippen molar-refractivity contribution in [1.82, 2.24) is 10.2 Å². The summed E-state index contributed by atoms with van der Waals surface area (Å²) in [7, 11) is 1.40. The first-order chi connectivity index (χ1) is 13.1. The van der Waals surface area contributed by atoms with Crippen LogP contribution in [0.25, 0.3) is 0 Å². The molecular weight excluding hydrogens is 340 g/mol. The Morgan fingerprint density at radius 2 is 1.63 bits per heavy atom. The summed E-state index contributed by atoms with van der Waals surface area (Å²) in [6.07, 6.45) is 1.49. The molecule has 0 bridgehead atoms. The van der Waals surface area contributed by atoms with Crippen molar-refractivity contribution in [2.75, 3.05) is 7.11 Å². The molecule has 0 aromatic heterocycles. The fourth-order valence-electron chi connectivity index (χ4n) is 3.76. The molecule has 1 fully saturated rings. The van der Waals surface area contributed by atoms with E-state index in [4.69, 9.17) is 4.74 Å². The van der Waals surface area contributed by atoms with Gasteiger partial charge >= 0.3 is 12.0 Å². The fourth-order valence-corrected chi connectivity index (χ4v) is 3.76. The molecule has 1 aliphatic heterocycles. The van der Waals surface area contributed by atoms with Gasteiger partial charge in [0, 0.05) is 18.6 Å². The molecule has 27 heavy (non-hydrogen) atoms. The second-order valence-corrected chi connectivity index (χ2v) is 6.98. The van der Waals surface area contributed by atoms with Gasteiger partial charge in [-0.15, -0.1) is 0 Å². The molecule has 0 aliphatic carbocycles. The van der Waals surface area contributed by atoms with Gasteiger partial charge in [-0.05, 0) is 30.9 Å². The number of nitrogens with one attached hydrogen (secondary N) is 1. The summed E-state index contributed by atoms with van der Waals surface area (Å²) in [5, 5.41) is 3.04. The van der Waals surface area contributed by atoms with Gasteiger partial charge in [0.1, 0.15) is 0 Å². The first-order valence-electron chi connectivity index (χ1n) is 9.33. The van der Waals surface area contributed by atoms with Crippen LogP contribution in [0.3, 0.4) is 0 Å². The number of urea groups is 1. The fraction of sp³-hybridized carbons (Fsp3) is 0.364. The Hall–Kier alpha value is -2.82. The van der Waals surface area contributed by atoms with E-state index in [1.807, 2.05) is 55.5 Å². The lowest BCUT2D eigenvalue weighted by Crippen LogP contribution is -2.63. The van der Waals surface area contributed by atoms with Crippen LogP contribution >= 0.6 is 0 Å². The van der Waals surface area contributed by atoms with Crippen LogP contribution in [0, 0.1) is 5.92 Å². The first-order valence-corrected chi connectivity index (χ1v) is 9.33. The maximum absolute atomic E-state index is 12.7. The molecule has 0 spiro atoms. The van der Waals surface area contributed by atoms with Gasteiger partial charge in [-0.3, -0.25) is 4.79 Å². The van der Waals surface area contributed by atoms with Crippen LogP contribution in [-0.4, -0.2) is 36.1 Å². The molecule has 2 aromatic carbocycles. The van der Waals surface area contributed by atoms with Crippen LogP contribution in [0.15, 0.2) is 60.7 Å². The Kier molecular flexibility index (Phi) is 6.12. The van der Waals surface area contributed by atoms with E-state index < -0.39 is 5.92 Å². The molecule has 1 N–H and O–H groups in total. The number of hydrogen-bond donors (Lipinski definition) is 1. The largest absolute Gasteiger partial charge is 0.469 e. The molecule has 5 nitrogen and oxygen atoms in total. The highest BCUT2D eigenvalue weighted by atomic mass is 16.5. The van der Waals surface area contributed by atoms with Crippen LogP contribution in [0.5, 0.6) is 0 Å². The van der Waals surface area contributed by atoms with E-state index in [-0.39, 0.29) is 24.1 Å². The van der Waals surface area contributed by atoms with Gasteiger partial charge in [-0.1, -0.05) is 60.7 Å². The number of rotatable bonds is 6. The molecule has 5 heteroatoms. The lowest BCUT2D eigenvalue weighted by Gasteiger charge is -2.43. The summed E-state index contributed by atoms with van der Waals surface area (Å²) in [4.78, 5) is 27.0. The highest BCUT2D eigenvalue weighted by molar-refractivity contribution is 5.82. The molecular formula is C22H26N2O3. The minimum atomic E-state index is -0.403. The van der Waals surface area contributed by atoms with E-state index in [0.29, 0.717) is 13.0 Å². The maximum atomic E-state index is 12.7. The number of nitrogens with zero attached hydrogens (tertiary/aromatic N) is 1. The third kappa shape index (κ3) is 4.48. The third-order valence-corrected chi connectivity index (χ3v) is 5.27. The zero-order valence-electron chi connectivity index (χ0n) is 15.8. The lowest BCUT2D eigenvalue weighted by molar-refractivity contribution is -0.149. The Balaban J connectivity index is 1.75. The average molecular weight is 366 g/mol. The molecule has 2 amide bonds. The number of hydrogen-bond acceptors (Lipinski definition) is 3. The van der Waals surface area contributed by atoms with Crippen molar-refractivity contribution in [3.63, 3.8) is 0 Å². The van der Waals surface area contributed by atoms with Crippen molar-refractivity contribution in [1.29, 1.82) is 0 Å². The quantitative estimate of drug-likeness (QED) is 0.797. The molecule has 0 saturated carbocycles. The molecule has 0 unspecified atom stereocenters. The van der Waals surface area contributed by atoms with E-state index in [1.54, 1.807) is 4.90 Å². The number of aryl methyl sites for hydroxylation is 1. The molecule has 142 valence electrons. The minimum Gasteiger partial charge on any atom is -0.469 e. The normalized spacial score (nSPS) is 22.2. The number of methoxy groups -OCH3 is 1. The number of carbonyl (C=O) groups is 2. The number of carbonyl (C=O) groups excluding carboxylic acids is 2. The Morgan fingerprint density at radius 3 is 2.22 bits per heavy atom. The molecule has 1 heterocycles. The van der Waals surface area contributed by atoms with E-state index in [1.165, 1.54) is 12.7 Å². The van der Waals surface area contributed by atoms with Gasteiger partial charge < -0.3 is 15.0 Å². The number of benzene rings is 2. The van der Waals surface area contributed by atoms with E-state index >= 15 is 0 Å². The monoisotopic (exact) mass is 366 g/mol. The minimum absolute atomic E-state index is 0.135. The summed E-state index contributed by atoms with van der Waals surface area (Å²) < 4.78 is 5.06. The van der Waals surface area contributed by atoms with Gasteiger partial charge in [-0.25, -0.2) is 4.79 Å². The predicted octanol–water partition coefficient (Wildman–Crippen LogP) is 3.39. The first kappa shape index (κ1) is 19.0. The Morgan fingerprint density at radius 1 is 1.04 bits per heavy atom. The van der Waals surface area contributed by atoms with Crippen molar-refractivity contribution in [3.8, 4) is 0 Å². The molecule has 3 rings (SSSR count). The van der Waals surface area contributed by atoms with Crippen molar-refractivity contribution in [2.24, 2.45) is 5.92 Å². The molecule has 1 aliphatic rings. The SMILES string of the molecule is COC(=O)[C@@H]1[C@H](CCc2ccccc2)NC(=O)N(Cc2ccccc2)[C@H]1C. The van der Waals surface area contributed by atoms with Crippen LogP contribution < -0.4 is 5.32 Å². The summed E-state index contributed by atoms with van der Waals surface area (Å²) >= 11 is 0. The standard InChI is InChI=1S/C22H26N2O3/c1-16-20(21(25)27-2)19(14-13-17-9-5-3-6-10-17)23-22(26)24(16)15-18-11-7-4-8-12-18/h3-12,16,19-20H,13-15H2,1-2H3,(H,23,26)/t16-,19-,20-/m0/s1. The molecule has 1 saturated heterocycles. The second kappa shape index (κ2) is 8.71. The summed E-state index contributed by atoms with van der Waals surface area (Å²) in [5.74, 6) is -0.682. The average Bonchev–Trinajstić information content (AvgIpc) is 2.70. The van der Waals surface area contributed by atoms with Gasteiger partial charge in [0.25, 0.3) is 0 Å². The summed E-state index contributed by atoms with van der Waals surface area (Å²) in [6.45, 7) is 2.39. The molecule has 0 radical (unpaired) electrons. The Bertz CT molecular complexity index is 762. The third-order valence-electron chi connectivity index (χ3n) is 5.27. The zero-order chi connectivity index (χ0) is 19.2. The predicted molar refractivity (Wildman–Crippen MR) is 104 cm³/mol. The van der Waals surface area contributed by atoms with Crippen LogP contribution in [0.2, 0.25) is 0 Å². The van der Waals surface area contributed by atoms with Gasteiger partial charge in [0.15, 0.2) is 0 Å². The number of esters is 1. The summed E-state index contributed by atoms with van der Waals surface area (Å²) in [6, 6.07) is 19.3. The van der Waals surface area contributed by atoms with Gasteiger partial charge in [0.2, 0.25) is 0 Å². The van der Waals surface area contributed by atoms with E-state index in [2.05, 4.69) is 17.4 Å². The van der Waals surface area contributed by atoms with E-state index in [0.717, 1.165) is 12.0 Å². The zero-order valence-corrected chi connectivity index (χ0v) is 15.8. The van der Waals surface area contributed by atoms with Gasteiger partial charge in [-0.2, -0.15) is 0 Å². The molecule has 2 aromatic rings. The van der Waals surface area contributed by atoms with Gasteiger partial charge in [0.05, 0.1) is 13.0 Å². The number of ether oxygens (including phenoxy) is 1. The highest BCUT2D eigenvalue weighted by Crippen LogP contribution is 2.27. The van der Waals surface area contributed by atoms with Crippen molar-refractivity contribution >= 4 is 12.0 Å².